The molecule has 1 amide bonds. The van der Waals surface area contributed by atoms with Crippen molar-refractivity contribution in [2.45, 2.75) is 32.9 Å². The van der Waals surface area contributed by atoms with Crippen LogP contribution in [0.15, 0.2) is 89.9 Å². The van der Waals surface area contributed by atoms with Crippen molar-refractivity contribution in [2.24, 2.45) is 0 Å². The van der Waals surface area contributed by atoms with Crippen LogP contribution in [0.5, 0.6) is 17.2 Å². The molecule has 0 saturated carbocycles. The van der Waals surface area contributed by atoms with Crippen LogP contribution in [-0.2, 0) is 16.2 Å². The zero-order chi connectivity index (χ0) is 28.8. The maximum atomic E-state index is 13.4. The number of aromatic nitrogens is 1. The Balaban J connectivity index is 1.56. The van der Waals surface area contributed by atoms with Gasteiger partial charge in [-0.25, -0.2) is 4.98 Å². The van der Waals surface area contributed by atoms with E-state index in [1.54, 1.807) is 54.0 Å². The fraction of sp³-hybridized carbons (Fsp3) is 0.219. The number of amides is 1. The number of aliphatic hydroxyl groups excluding tert-OH is 1. The van der Waals surface area contributed by atoms with Crippen LogP contribution >= 0.6 is 11.3 Å². The molecule has 5 rings (SSSR count). The Bertz CT molecular complexity index is 1530. The van der Waals surface area contributed by atoms with Gasteiger partial charge in [0.15, 0.2) is 16.6 Å². The minimum absolute atomic E-state index is 0.0344. The number of hydrogen-bond donors (Lipinski definition) is 1. The van der Waals surface area contributed by atoms with Gasteiger partial charge in [0.05, 0.1) is 24.8 Å². The van der Waals surface area contributed by atoms with E-state index in [4.69, 9.17) is 14.2 Å². The molecule has 1 unspecified atom stereocenters. The summed E-state index contributed by atoms with van der Waals surface area (Å²) in [6.07, 6.45) is 2.43. The third kappa shape index (κ3) is 5.95. The van der Waals surface area contributed by atoms with Gasteiger partial charge in [-0.15, -0.1) is 11.3 Å². The van der Waals surface area contributed by atoms with Gasteiger partial charge in [0.1, 0.15) is 18.1 Å². The van der Waals surface area contributed by atoms with Crippen molar-refractivity contribution in [2.75, 3.05) is 18.1 Å². The lowest BCUT2D eigenvalue weighted by atomic mass is 9.95. The molecule has 4 aromatic rings. The van der Waals surface area contributed by atoms with Crippen LogP contribution in [0.2, 0.25) is 0 Å². The number of hydrogen-bond acceptors (Lipinski definition) is 8. The second-order valence-corrected chi connectivity index (χ2v) is 10.1. The Morgan fingerprint density at radius 1 is 0.951 bits per heavy atom. The predicted octanol–water partition coefficient (Wildman–Crippen LogP) is 6.54. The Labute approximate surface area is 242 Å². The number of anilines is 1. The van der Waals surface area contributed by atoms with Crippen molar-refractivity contribution in [3.63, 3.8) is 0 Å². The molecular formula is C32H30N2O6S. The van der Waals surface area contributed by atoms with Crippen molar-refractivity contribution in [3.05, 3.63) is 107 Å². The van der Waals surface area contributed by atoms with Crippen molar-refractivity contribution >= 4 is 33.9 Å². The summed E-state index contributed by atoms with van der Waals surface area (Å²) < 4.78 is 17.6. The lowest BCUT2D eigenvalue weighted by molar-refractivity contribution is -0.132. The van der Waals surface area contributed by atoms with Gasteiger partial charge in [0, 0.05) is 17.1 Å². The van der Waals surface area contributed by atoms with E-state index in [-0.39, 0.29) is 11.3 Å². The molecule has 2 heterocycles. The van der Waals surface area contributed by atoms with E-state index in [1.165, 1.54) is 16.2 Å². The first kappa shape index (κ1) is 27.9. The molecule has 1 saturated heterocycles. The molecule has 210 valence electrons. The van der Waals surface area contributed by atoms with Crippen LogP contribution in [-0.4, -0.2) is 35.0 Å². The van der Waals surface area contributed by atoms with E-state index >= 15 is 0 Å². The van der Waals surface area contributed by atoms with Gasteiger partial charge in [-0.3, -0.25) is 14.5 Å². The number of nitrogens with zero attached hydrogens (tertiary/aromatic N) is 2. The summed E-state index contributed by atoms with van der Waals surface area (Å²) in [5.74, 6) is -0.211. The number of carbonyl (C=O) groups is 2. The monoisotopic (exact) mass is 570 g/mol. The topological polar surface area (TPSA) is 98.2 Å². The number of thiazole rings is 1. The summed E-state index contributed by atoms with van der Waals surface area (Å²) in [6.45, 7) is 5.17. The Morgan fingerprint density at radius 2 is 1.73 bits per heavy atom. The molecule has 1 fully saturated rings. The number of carbonyl (C=O) groups excluding carboxylic acids is 2. The SMILES string of the molecule is CCCOc1ccc(/C(O)=C2\C(=O)C(=O)N(c3nccs3)C2c2ccc(OCc3ccccc3)c(OCC)c2)cc1. The third-order valence-corrected chi connectivity index (χ3v) is 7.26. The Morgan fingerprint density at radius 3 is 2.41 bits per heavy atom. The third-order valence-electron chi connectivity index (χ3n) is 6.49. The van der Waals surface area contributed by atoms with Gasteiger partial charge in [-0.05, 0) is 60.9 Å². The summed E-state index contributed by atoms with van der Waals surface area (Å²) in [5.41, 5.74) is 1.93. The minimum atomic E-state index is -0.931. The van der Waals surface area contributed by atoms with Crippen LogP contribution in [0.4, 0.5) is 5.13 Å². The number of aliphatic hydroxyl groups is 1. The first-order chi connectivity index (χ1) is 20.0. The van der Waals surface area contributed by atoms with E-state index in [2.05, 4.69) is 4.98 Å². The van der Waals surface area contributed by atoms with E-state index in [0.29, 0.717) is 53.3 Å². The molecule has 41 heavy (non-hydrogen) atoms. The lowest BCUT2D eigenvalue weighted by Crippen LogP contribution is -2.29. The van der Waals surface area contributed by atoms with Gasteiger partial charge in [-0.1, -0.05) is 43.3 Å². The highest BCUT2D eigenvalue weighted by Gasteiger charge is 2.48. The zero-order valence-corrected chi connectivity index (χ0v) is 23.6. The van der Waals surface area contributed by atoms with Gasteiger partial charge in [0.2, 0.25) is 0 Å². The molecule has 0 bridgehead atoms. The van der Waals surface area contributed by atoms with Crippen LogP contribution in [0.1, 0.15) is 43.0 Å². The summed E-state index contributed by atoms with van der Waals surface area (Å²) in [7, 11) is 0. The summed E-state index contributed by atoms with van der Waals surface area (Å²) in [4.78, 5) is 32.4. The van der Waals surface area contributed by atoms with E-state index < -0.39 is 17.7 Å². The second-order valence-electron chi connectivity index (χ2n) is 9.27. The number of benzene rings is 3. The van der Waals surface area contributed by atoms with E-state index in [1.807, 2.05) is 44.2 Å². The molecule has 9 heteroatoms. The smallest absolute Gasteiger partial charge is 0.301 e. The molecule has 1 aliphatic rings. The van der Waals surface area contributed by atoms with Gasteiger partial charge in [0.25, 0.3) is 5.78 Å². The van der Waals surface area contributed by atoms with Gasteiger partial charge >= 0.3 is 5.91 Å². The molecule has 0 radical (unpaired) electrons. The first-order valence-electron chi connectivity index (χ1n) is 13.4. The highest BCUT2D eigenvalue weighted by molar-refractivity contribution is 7.14. The number of ether oxygens (including phenoxy) is 3. The number of rotatable bonds is 11. The van der Waals surface area contributed by atoms with E-state index in [9.17, 15) is 14.7 Å². The predicted molar refractivity (Wildman–Crippen MR) is 158 cm³/mol. The molecule has 8 nitrogen and oxygen atoms in total. The zero-order valence-electron chi connectivity index (χ0n) is 22.8. The largest absolute Gasteiger partial charge is 0.507 e. The normalized spacial score (nSPS) is 16.1. The Hall–Kier alpha value is -4.63. The lowest BCUT2D eigenvalue weighted by Gasteiger charge is -2.24. The molecule has 1 aliphatic heterocycles. The second kappa shape index (κ2) is 12.7. The number of Topliss-reactive ketones (excluding diaryl/α,β-unsaturated/α-hetero) is 1. The van der Waals surface area contributed by atoms with Crippen molar-refractivity contribution in [1.29, 1.82) is 0 Å². The van der Waals surface area contributed by atoms with E-state index in [0.717, 1.165) is 12.0 Å². The molecule has 1 aromatic heterocycles. The molecule has 1 atom stereocenters. The van der Waals surface area contributed by atoms with Crippen LogP contribution in [0.25, 0.3) is 5.76 Å². The average molecular weight is 571 g/mol. The Kier molecular flexibility index (Phi) is 8.64. The molecule has 3 aromatic carbocycles. The van der Waals surface area contributed by atoms with Crippen molar-refractivity contribution in [1.82, 2.24) is 4.98 Å². The first-order valence-corrected chi connectivity index (χ1v) is 14.3. The molecular weight excluding hydrogens is 540 g/mol. The maximum Gasteiger partial charge on any atom is 0.301 e. The fourth-order valence-electron chi connectivity index (χ4n) is 4.58. The average Bonchev–Trinajstić information content (AvgIpc) is 3.62. The van der Waals surface area contributed by atoms with Crippen LogP contribution in [0, 0.1) is 0 Å². The highest BCUT2D eigenvalue weighted by Crippen LogP contribution is 2.44. The standard InChI is InChI=1S/C32H30N2O6S/c1-3-17-39-24-13-10-22(11-14-24)29(35)27-28(34(31(37)30(27)36)32-33-16-18-41-32)23-12-15-25(26(19-23)38-4-2)40-20-21-8-6-5-7-9-21/h5-16,18-19,28,35H,3-4,17,20H2,1-2H3/b29-27+. The summed E-state index contributed by atoms with van der Waals surface area (Å²) in [6, 6.07) is 20.9. The van der Waals surface area contributed by atoms with Crippen molar-refractivity contribution in [3.8, 4) is 17.2 Å². The van der Waals surface area contributed by atoms with Gasteiger partial charge < -0.3 is 19.3 Å². The quantitative estimate of drug-likeness (QED) is 0.124. The van der Waals surface area contributed by atoms with Crippen molar-refractivity contribution < 1.29 is 28.9 Å². The highest BCUT2D eigenvalue weighted by atomic mass is 32.1. The molecule has 0 spiro atoms. The molecule has 1 N–H and O–H groups in total. The number of ketones is 1. The van der Waals surface area contributed by atoms with Gasteiger partial charge in [-0.2, -0.15) is 0 Å². The summed E-state index contributed by atoms with van der Waals surface area (Å²) in [5, 5.41) is 13.5. The fourth-order valence-corrected chi connectivity index (χ4v) is 5.25. The van der Waals surface area contributed by atoms with Crippen LogP contribution in [0.3, 0.4) is 0 Å². The summed E-state index contributed by atoms with van der Waals surface area (Å²) >= 11 is 1.23. The molecule has 0 aliphatic carbocycles. The van der Waals surface area contributed by atoms with Crippen LogP contribution < -0.4 is 19.1 Å². The minimum Gasteiger partial charge on any atom is -0.507 e. The maximum absolute atomic E-state index is 13.4.